The third-order valence-electron chi connectivity index (χ3n) is 3.38. The summed E-state index contributed by atoms with van der Waals surface area (Å²) in [5, 5.41) is 0. The molecule has 0 aliphatic carbocycles. The molecule has 0 radical (unpaired) electrons. The molecule has 0 aliphatic heterocycles. The van der Waals surface area contributed by atoms with Gasteiger partial charge in [-0.3, -0.25) is 4.79 Å². The van der Waals surface area contributed by atoms with Crippen molar-refractivity contribution in [1.29, 1.82) is 0 Å². The van der Waals surface area contributed by atoms with Crippen molar-refractivity contribution in [3.8, 4) is 5.75 Å². The zero-order chi connectivity index (χ0) is 16.8. The summed E-state index contributed by atoms with van der Waals surface area (Å²) in [6, 6.07) is 4.93. The number of hydrogen-bond donors (Lipinski definition) is 1. The Labute approximate surface area is 133 Å². The number of carbonyl (C=O) groups excluding carboxylic acids is 1. The molecule has 1 unspecified atom stereocenters. The van der Waals surface area contributed by atoms with Gasteiger partial charge in [0.05, 0.1) is 12.4 Å². The molecule has 1 amide bonds. The number of nitrogens with one attached hydrogen (secondary N) is 1. The standard InChI is InChI=1S/C16H25NO4S/c1-5-9-22(19,20)17-16(18)14-7-8-15(13(4)10-14)21-11-12(3)6-2/h7-8,10,12H,5-6,9,11H2,1-4H3,(H,17,18). The van der Waals surface area contributed by atoms with Crippen molar-refractivity contribution in [2.24, 2.45) is 5.92 Å². The fraction of sp³-hybridized carbons (Fsp3) is 0.562. The van der Waals surface area contributed by atoms with Crippen LogP contribution in [0.5, 0.6) is 5.75 Å². The molecular weight excluding hydrogens is 302 g/mol. The quantitative estimate of drug-likeness (QED) is 0.797. The van der Waals surface area contributed by atoms with Gasteiger partial charge >= 0.3 is 0 Å². The molecule has 0 spiro atoms. The van der Waals surface area contributed by atoms with Crippen LogP contribution in [-0.4, -0.2) is 26.7 Å². The van der Waals surface area contributed by atoms with Crippen LogP contribution in [0.2, 0.25) is 0 Å². The highest BCUT2D eigenvalue weighted by molar-refractivity contribution is 7.90. The predicted octanol–water partition coefficient (Wildman–Crippen LogP) is 2.89. The van der Waals surface area contributed by atoms with Gasteiger partial charge in [-0.2, -0.15) is 0 Å². The van der Waals surface area contributed by atoms with E-state index in [1.165, 1.54) is 0 Å². The molecule has 0 aliphatic rings. The minimum atomic E-state index is -3.56. The normalized spacial score (nSPS) is 12.7. The Kier molecular flexibility index (Phi) is 6.87. The number of amides is 1. The number of carbonyl (C=O) groups is 1. The lowest BCUT2D eigenvalue weighted by atomic mass is 10.1. The molecule has 5 nitrogen and oxygen atoms in total. The topological polar surface area (TPSA) is 72.5 Å². The first-order chi connectivity index (χ1) is 10.3. The summed E-state index contributed by atoms with van der Waals surface area (Å²) < 4.78 is 31.0. The zero-order valence-electron chi connectivity index (χ0n) is 13.7. The van der Waals surface area contributed by atoms with Crippen molar-refractivity contribution in [3.63, 3.8) is 0 Å². The molecule has 1 atom stereocenters. The highest BCUT2D eigenvalue weighted by Crippen LogP contribution is 2.20. The van der Waals surface area contributed by atoms with Gasteiger partial charge in [0.2, 0.25) is 10.0 Å². The summed E-state index contributed by atoms with van der Waals surface area (Å²) in [6.45, 7) is 8.41. The van der Waals surface area contributed by atoms with E-state index in [1.807, 2.05) is 6.92 Å². The van der Waals surface area contributed by atoms with Crippen molar-refractivity contribution in [2.75, 3.05) is 12.4 Å². The summed E-state index contributed by atoms with van der Waals surface area (Å²) in [6.07, 6.45) is 1.50. The summed E-state index contributed by atoms with van der Waals surface area (Å²) >= 11 is 0. The number of rotatable bonds is 8. The van der Waals surface area contributed by atoms with E-state index in [9.17, 15) is 13.2 Å². The second-order valence-electron chi connectivity index (χ2n) is 5.55. The monoisotopic (exact) mass is 327 g/mol. The van der Waals surface area contributed by atoms with Crippen molar-refractivity contribution in [2.45, 2.75) is 40.5 Å². The van der Waals surface area contributed by atoms with E-state index >= 15 is 0 Å². The van der Waals surface area contributed by atoms with Gasteiger partial charge in [0.25, 0.3) is 5.91 Å². The summed E-state index contributed by atoms with van der Waals surface area (Å²) in [5.74, 6) is 0.508. The third kappa shape index (κ3) is 5.67. The third-order valence-corrected chi connectivity index (χ3v) is 4.82. The maximum atomic E-state index is 12.0. The molecular formula is C16H25NO4S. The number of benzene rings is 1. The molecule has 0 aromatic heterocycles. The van der Waals surface area contributed by atoms with Crippen LogP contribution in [0, 0.1) is 12.8 Å². The van der Waals surface area contributed by atoms with Crippen LogP contribution in [0.25, 0.3) is 0 Å². The first-order valence-electron chi connectivity index (χ1n) is 7.57. The zero-order valence-corrected chi connectivity index (χ0v) is 14.5. The second kappa shape index (κ2) is 8.17. The van der Waals surface area contributed by atoms with E-state index in [-0.39, 0.29) is 5.75 Å². The lowest BCUT2D eigenvalue weighted by molar-refractivity contribution is 0.0981. The van der Waals surface area contributed by atoms with Crippen LogP contribution in [0.1, 0.15) is 49.5 Å². The van der Waals surface area contributed by atoms with Gasteiger partial charge in [0.15, 0.2) is 0 Å². The Bertz CT molecular complexity index is 611. The van der Waals surface area contributed by atoms with Crippen LogP contribution in [0.3, 0.4) is 0 Å². The molecule has 124 valence electrons. The molecule has 0 bridgehead atoms. The minimum Gasteiger partial charge on any atom is -0.493 e. The van der Waals surface area contributed by atoms with Crippen molar-refractivity contribution in [3.05, 3.63) is 29.3 Å². The van der Waals surface area contributed by atoms with Crippen LogP contribution >= 0.6 is 0 Å². The molecule has 22 heavy (non-hydrogen) atoms. The first-order valence-corrected chi connectivity index (χ1v) is 9.22. The largest absolute Gasteiger partial charge is 0.493 e. The molecule has 0 saturated carbocycles. The van der Waals surface area contributed by atoms with Gasteiger partial charge in [-0.15, -0.1) is 0 Å². The van der Waals surface area contributed by atoms with Gasteiger partial charge in [0, 0.05) is 5.56 Å². The molecule has 0 heterocycles. The maximum absolute atomic E-state index is 12.0. The average Bonchev–Trinajstić information content (AvgIpc) is 2.44. The van der Waals surface area contributed by atoms with Gasteiger partial charge in [-0.05, 0) is 43.0 Å². The van der Waals surface area contributed by atoms with Gasteiger partial charge in [-0.25, -0.2) is 13.1 Å². The lowest BCUT2D eigenvalue weighted by Crippen LogP contribution is -2.32. The first kappa shape index (κ1) is 18.5. The van der Waals surface area contributed by atoms with Gasteiger partial charge in [0.1, 0.15) is 5.75 Å². The maximum Gasteiger partial charge on any atom is 0.264 e. The second-order valence-corrected chi connectivity index (χ2v) is 7.40. The van der Waals surface area contributed by atoms with Crippen molar-refractivity contribution >= 4 is 15.9 Å². The van der Waals surface area contributed by atoms with E-state index in [0.29, 0.717) is 30.3 Å². The number of ether oxygens (including phenoxy) is 1. The molecule has 0 fully saturated rings. The fourth-order valence-corrected chi connectivity index (χ4v) is 2.86. The number of aryl methyl sites for hydroxylation is 1. The fourth-order valence-electron chi connectivity index (χ4n) is 1.82. The Morgan fingerprint density at radius 3 is 2.55 bits per heavy atom. The van der Waals surface area contributed by atoms with Crippen LogP contribution < -0.4 is 9.46 Å². The van der Waals surface area contributed by atoms with Gasteiger partial charge in [-0.1, -0.05) is 27.2 Å². The lowest BCUT2D eigenvalue weighted by Gasteiger charge is -2.14. The molecule has 0 saturated heterocycles. The summed E-state index contributed by atoms with van der Waals surface area (Å²) in [5.41, 5.74) is 1.12. The molecule has 1 aromatic carbocycles. The van der Waals surface area contributed by atoms with E-state index in [2.05, 4.69) is 18.6 Å². The van der Waals surface area contributed by atoms with Crippen molar-refractivity contribution in [1.82, 2.24) is 4.72 Å². The summed E-state index contributed by atoms with van der Waals surface area (Å²) in [7, 11) is -3.56. The van der Waals surface area contributed by atoms with Crippen LogP contribution in [0.15, 0.2) is 18.2 Å². The Morgan fingerprint density at radius 1 is 1.32 bits per heavy atom. The highest BCUT2D eigenvalue weighted by Gasteiger charge is 2.16. The smallest absolute Gasteiger partial charge is 0.264 e. The predicted molar refractivity (Wildman–Crippen MR) is 87.7 cm³/mol. The number of hydrogen-bond acceptors (Lipinski definition) is 4. The Hall–Kier alpha value is -1.56. The van der Waals surface area contributed by atoms with E-state index in [0.717, 1.165) is 12.0 Å². The minimum absolute atomic E-state index is 0.0617. The molecule has 1 N–H and O–H groups in total. The van der Waals surface area contributed by atoms with Crippen LogP contribution in [0.4, 0.5) is 0 Å². The van der Waals surface area contributed by atoms with E-state index in [1.54, 1.807) is 25.1 Å². The van der Waals surface area contributed by atoms with Gasteiger partial charge < -0.3 is 4.74 Å². The highest BCUT2D eigenvalue weighted by atomic mass is 32.2. The van der Waals surface area contributed by atoms with E-state index < -0.39 is 15.9 Å². The SMILES string of the molecule is CCCS(=O)(=O)NC(=O)c1ccc(OCC(C)CC)c(C)c1. The molecule has 1 aromatic rings. The van der Waals surface area contributed by atoms with Crippen molar-refractivity contribution < 1.29 is 17.9 Å². The molecule has 1 rings (SSSR count). The number of sulfonamides is 1. The van der Waals surface area contributed by atoms with E-state index in [4.69, 9.17) is 4.74 Å². The van der Waals surface area contributed by atoms with Crippen LogP contribution in [-0.2, 0) is 10.0 Å². The Morgan fingerprint density at radius 2 is 2.00 bits per heavy atom. The summed E-state index contributed by atoms with van der Waals surface area (Å²) in [4.78, 5) is 12.0. The Balaban J connectivity index is 2.78. The average molecular weight is 327 g/mol. The molecule has 6 heteroatoms.